The zero-order valence-corrected chi connectivity index (χ0v) is 13.1. The molecule has 0 saturated heterocycles. The quantitative estimate of drug-likeness (QED) is 0.899. The Hall–Kier alpha value is -2.01. The molecular weight excluding hydrogens is 334 g/mol. The van der Waals surface area contributed by atoms with Crippen LogP contribution in [-0.2, 0) is 0 Å². The number of carbonyl (C=O) groups is 1. The van der Waals surface area contributed by atoms with Gasteiger partial charge in [-0.2, -0.15) is 0 Å². The third-order valence-electron chi connectivity index (χ3n) is 3.25. The lowest BCUT2D eigenvalue weighted by Crippen LogP contribution is -2.20. The summed E-state index contributed by atoms with van der Waals surface area (Å²) in [6.07, 6.45) is 0. The van der Waals surface area contributed by atoms with E-state index in [1.807, 2.05) is 25.1 Å². The number of hydrogen-bond acceptors (Lipinski definition) is 3. The van der Waals surface area contributed by atoms with Gasteiger partial charge in [-0.25, -0.2) is 0 Å². The van der Waals surface area contributed by atoms with Crippen LogP contribution in [0.2, 0.25) is 0 Å². The smallest absolute Gasteiger partial charge is 0.259 e. The molecule has 3 rings (SSSR count). The summed E-state index contributed by atoms with van der Waals surface area (Å²) < 4.78 is 12.0. The second-order valence-electron chi connectivity index (χ2n) is 4.74. The van der Waals surface area contributed by atoms with Crippen LogP contribution in [0.15, 0.2) is 40.9 Å². The number of benzene rings is 2. The second kappa shape index (κ2) is 5.77. The Labute approximate surface area is 131 Å². The molecule has 0 unspecified atom stereocenters. The van der Waals surface area contributed by atoms with Gasteiger partial charge in [-0.3, -0.25) is 4.79 Å². The van der Waals surface area contributed by atoms with Gasteiger partial charge in [0.15, 0.2) is 11.5 Å². The summed E-state index contributed by atoms with van der Waals surface area (Å²) in [6.45, 7) is 2.90. The molecule has 5 heteroatoms. The molecule has 2 aromatic rings. The van der Waals surface area contributed by atoms with Crippen molar-refractivity contribution in [3.63, 3.8) is 0 Å². The number of aryl methyl sites for hydroxylation is 1. The summed E-state index contributed by atoms with van der Waals surface area (Å²) in [5.74, 6) is 0.917. The van der Waals surface area contributed by atoms with Gasteiger partial charge in [0.2, 0.25) is 0 Å². The van der Waals surface area contributed by atoms with E-state index < -0.39 is 0 Å². The highest BCUT2D eigenvalue weighted by Crippen LogP contribution is 2.34. The number of fused-ring (bicyclic) bond motifs is 1. The van der Waals surface area contributed by atoms with E-state index in [0.717, 1.165) is 15.7 Å². The van der Waals surface area contributed by atoms with E-state index in [9.17, 15) is 4.79 Å². The first-order valence-corrected chi connectivity index (χ1v) is 7.40. The van der Waals surface area contributed by atoms with Crippen LogP contribution in [0.1, 0.15) is 15.9 Å². The molecule has 0 aliphatic carbocycles. The van der Waals surface area contributed by atoms with Gasteiger partial charge >= 0.3 is 0 Å². The predicted octanol–water partition coefficient (Wildman–Crippen LogP) is 3.78. The van der Waals surface area contributed by atoms with Crippen molar-refractivity contribution in [3.8, 4) is 11.5 Å². The van der Waals surface area contributed by atoms with E-state index in [-0.39, 0.29) is 5.91 Å². The largest absolute Gasteiger partial charge is 0.486 e. The monoisotopic (exact) mass is 347 g/mol. The van der Waals surface area contributed by atoms with Gasteiger partial charge < -0.3 is 14.8 Å². The number of amides is 1. The summed E-state index contributed by atoms with van der Waals surface area (Å²) in [5.41, 5.74) is 2.24. The maximum atomic E-state index is 12.5. The Balaban J connectivity index is 1.89. The molecule has 1 N–H and O–H groups in total. The number of halogens is 1. The first kappa shape index (κ1) is 13.9. The van der Waals surface area contributed by atoms with E-state index >= 15 is 0 Å². The van der Waals surface area contributed by atoms with Crippen LogP contribution in [0, 0.1) is 6.92 Å². The fourth-order valence-electron chi connectivity index (χ4n) is 2.21. The molecule has 0 fully saturated rings. The van der Waals surface area contributed by atoms with Crippen LogP contribution in [0.4, 0.5) is 5.69 Å². The highest BCUT2D eigenvalue weighted by Gasteiger charge is 2.20. The minimum absolute atomic E-state index is 0.206. The van der Waals surface area contributed by atoms with Crippen molar-refractivity contribution in [2.45, 2.75) is 6.92 Å². The normalized spacial score (nSPS) is 12.9. The third-order valence-corrected chi connectivity index (χ3v) is 3.74. The van der Waals surface area contributed by atoms with Crippen LogP contribution in [0.3, 0.4) is 0 Å². The average molecular weight is 348 g/mol. The first-order valence-electron chi connectivity index (χ1n) is 6.61. The Morgan fingerprint density at radius 3 is 2.81 bits per heavy atom. The Morgan fingerprint density at radius 2 is 2.00 bits per heavy atom. The van der Waals surface area contributed by atoms with Crippen LogP contribution in [0.5, 0.6) is 11.5 Å². The number of ether oxygens (including phenoxy) is 2. The molecule has 108 valence electrons. The molecule has 21 heavy (non-hydrogen) atoms. The molecule has 1 heterocycles. The Morgan fingerprint density at radius 1 is 1.19 bits per heavy atom. The molecule has 0 radical (unpaired) electrons. The standard InChI is InChI=1S/C16H14BrNO3/c1-10-9-11(17)5-6-13(10)18-16(19)12-3-2-4-14-15(12)21-8-7-20-14/h2-6,9H,7-8H2,1H3,(H,18,19). The van der Waals surface area contributed by atoms with Crippen molar-refractivity contribution >= 4 is 27.5 Å². The molecule has 0 bridgehead atoms. The minimum atomic E-state index is -0.206. The van der Waals surface area contributed by atoms with Crippen LogP contribution in [0.25, 0.3) is 0 Å². The van der Waals surface area contributed by atoms with Gasteiger partial charge in [0.05, 0.1) is 5.56 Å². The van der Waals surface area contributed by atoms with Crippen LogP contribution < -0.4 is 14.8 Å². The molecule has 0 atom stereocenters. The summed E-state index contributed by atoms with van der Waals surface area (Å²) >= 11 is 3.41. The lowest BCUT2D eigenvalue weighted by atomic mass is 10.1. The zero-order valence-electron chi connectivity index (χ0n) is 11.5. The van der Waals surface area contributed by atoms with Gasteiger partial charge in [-0.15, -0.1) is 0 Å². The number of anilines is 1. The highest BCUT2D eigenvalue weighted by atomic mass is 79.9. The minimum Gasteiger partial charge on any atom is -0.486 e. The number of nitrogens with one attached hydrogen (secondary N) is 1. The fraction of sp³-hybridized carbons (Fsp3) is 0.188. The van der Waals surface area contributed by atoms with Crippen molar-refractivity contribution in [3.05, 3.63) is 52.0 Å². The van der Waals surface area contributed by atoms with Crippen molar-refractivity contribution in [1.82, 2.24) is 0 Å². The number of para-hydroxylation sites is 1. The van der Waals surface area contributed by atoms with E-state index in [2.05, 4.69) is 21.2 Å². The van der Waals surface area contributed by atoms with E-state index in [0.29, 0.717) is 30.3 Å². The fourth-order valence-corrected chi connectivity index (χ4v) is 2.69. The highest BCUT2D eigenvalue weighted by molar-refractivity contribution is 9.10. The van der Waals surface area contributed by atoms with E-state index in [4.69, 9.17) is 9.47 Å². The average Bonchev–Trinajstić information content (AvgIpc) is 2.49. The van der Waals surface area contributed by atoms with Crippen molar-refractivity contribution in [1.29, 1.82) is 0 Å². The third kappa shape index (κ3) is 2.88. The van der Waals surface area contributed by atoms with E-state index in [1.54, 1.807) is 18.2 Å². The lowest BCUT2D eigenvalue weighted by molar-refractivity contribution is 0.101. The molecule has 0 aromatic heterocycles. The second-order valence-corrected chi connectivity index (χ2v) is 5.66. The van der Waals surface area contributed by atoms with Crippen molar-refractivity contribution in [2.24, 2.45) is 0 Å². The van der Waals surface area contributed by atoms with Crippen molar-refractivity contribution in [2.75, 3.05) is 18.5 Å². The Kier molecular flexibility index (Phi) is 3.84. The first-order chi connectivity index (χ1) is 10.1. The van der Waals surface area contributed by atoms with Crippen molar-refractivity contribution < 1.29 is 14.3 Å². The predicted molar refractivity (Wildman–Crippen MR) is 84.3 cm³/mol. The molecule has 0 spiro atoms. The lowest BCUT2D eigenvalue weighted by Gasteiger charge is -2.20. The molecular formula is C16H14BrNO3. The molecule has 0 saturated carbocycles. The van der Waals surface area contributed by atoms with Gasteiger partial charge in [0.1, 0.15) is 13.2 Å². The van der Waals surface area contributed by atoms with Crippen LogP contribution in [-0.4, -0.2) is 19.1 Å². The molecule has 2 aromatic carbocycles. The summed E-state index contributed by atoms with van der Waals surface area (Å²) in [7, 11) is 0. The van der Waals surface area contributed by atoms with Gasteiger partial charge in [0.25, 0.3) is 5.91 Å². The van der Waals surface area contributed by atoms with Gasteiger partial charge in [-0.05, 0) is 42.8 Å². The number of hydrogen-bond donors (Lipinski definition) is 1. The topological polar surface area (TPSA) is 47.6 Å². The van der Waals surface area contributed by atoms with Gasteiger partial charge in [0, 0.05) is 10.2 Å². The molecule has 1 aliphatic heterocycles. The number of carbonyl (C=O) groups excluding carboxylic acids is 1. The van der Waals surface area contributed by atoms with Crippen LogP contribution >= 0.6 is 15.9 Å². The summed E-state index contributed by atoms with van der Waals surface area (Å²) in [5, 5.41) is 2.91. The Bertz CT molecular complexity index is 700. The molecule has 1 aliphatic rings. The number of rotatable bonds is 2. The van der Waals surface area contributed by atoms with E-state index in [1.165, 1.54) is 0 Å². The van der Waals surface area contributed by atoms with Gasteiger partial charge in [-0.1, -0.05) is 22.0 Å². The molecule has 1 amide bonds. The maximum absolute atomic E-state index is 12.5. The summed E-state index contributed by atoms with van der Waals surface area (Å²) in [4.78, 5) is 12.5. The molecule has 4 nitrogen and oxygen atoms in total. The maximum Gasteiger partial charge on any atom is 0.259 e. The SMILES string of the molecule is Cc1cc(Br)ccc1NC(=O)c1cccc2c1OCCO2. The summed E-state index contributed by atoms with van der Waals surface area (Å²) in [6, 6.07) is 11.0. The zero-order chi connectivity index (χ0) is 14.8.